The number of para-hydroxylation sites is 3. The number of aromatic nitrogens is 2. The van der Waals surface area contributed by atoms with E-state index in [-0.39, 0.29) is 0 Å². The fraction of sp³-hybridized carbons (Fsp3) is 0. The van der Waals surface area contributed by atoms with Crippen LogP contribution in [0, 0.1) is 0 Å². The van der Waals surface area contributed by atoms with Crippen LogP contribution in [-0.4, -0.2) is 8.80 Å². The fourth-order valence-electron chi connectivity index (χ4n) is 7.17. The van der Waals surface area contributed by atoms with Crippen molar-refractivity contribution in [2.24, 2.45) is 0 Å². The second kappa shape index (κ2) is 5.69. The van der Waals surface area contributed by atoms with Crippen LogP contribution in [0.4, 0.5) is 0 Å². The predicted molar refractivity (Wildman–Crippen MR) is 153 cm³/mol. The zero-order valence-electron chi connectivity index (χ0n) is 19.3. The van der Waals surface area contributed by atoms with E-state index in [0.717, 1.165) is 0 Å². The first-order chi connectivity index (χ1) is 17.9. The lowest BCUT2D eigenvalue weighted by Crippen LogP contribution is -1.84. The Kier molecular flexibility index (Phi) is 2.78. The van der Waals surface area contributed by atoms with Crippen molar-refractivity contribution in [2.75, 3.05) is 0 Å². The topological polar surface area (TPSA) is 8.82 Å². The molecule has 164 valence electrons. The van der Waals surface area contributed by atoms with Crippen LogP contribution >= 0.6 is 0 Å². The normalized spacial score (nSPS) is 13.0. The highest BCUT2D eigenvalue weighted by Crippen LogP contribution is 2.45. The molecule has 36 heavy (non-hydrogen) atoms. The van der Waals surface area contributed by atoms with Gasteiger partial charge in [0, 0.05) is 43.1 Å². The maximum atomic E-state index is 2.51. The summed E-state index contributed by atoms with van der Waals surface area (Å²) in [6, 6.07) is 40.6. The lowest BCUT2D eigenvalue weighted by atomic mass is 10.0. The van der Waals surface area contributed by atoms with Gasteiger partial charge in [-0.1, -0.05) is 84.9 Å². The van der Waals surface area contributed by atoms with Crippen molar-refractivity contribution in [3.05, 3.63) is 109 Å². The van der Waals surface area contributed by atoms with Crippen LogP contribution < -0.4 is 0 Å². The molecule has 0 aliphatic rings. The van der Waals surface area contributed by atoms with Crippen molar-refractivity contribution in [1.29, 1.82) is 0 Å². The van der Waals surface area contributed by atoms with Gasteiger partial charge >= 0.3 is 0 Å². The van der Waals surface area contributed by atoms with Crippen molar-refractivity contribution >= 4 is 87.0 Å². The molecule has 0 N–H and O–H groups in total. The van der Waals surface area contributed by atoms with Gasteiger partial charge in [-0.05, 0) is 35.0 Å². The SMILES string of the molecule is c1ccc2c(c1)ccc1c2c2cccc3c4cc5c6cccc7c8ccccc8n(c5cc4n1c32)c76. The molecule has 2 nitrogen and oxygen atoms in total. The molecule has 10 aromatic rings. The molecular weight excluding hydrogens is 436 g/mol. The van der Waals surface area contributed by atoms with Crippen molar-refractivity contribution in [3.8, 4) is 0 Å². The Bertz CT molecular complexity index is 2520. The quantitative estimate of drug-likeness (QED) is 0.216. The molecule has 0 radical (unpaired) electrons. The number of nitrogens with zero attached hydrogens (tertiary/aromatic N) is 2. The van der Waals surface area contributed by atoms with E-state index in [9.17, 15) is 0 Å². The molecule has 6 aromatic carbocycles. The molecule has 0 saturated carbocycles. The summed E-state index contributed by atoms with van der Waals surface area (Å²) >= 11 is 0. The van der Waals surface area contributed by atoms with E-state index in [4.69, 9.17) is 0 Å². The third-order valence-electron chi connectivity index (χ3n) is 8.55. The summed E-state index contributed by atoms with van der Waals surface area (Å²) in [7, 11) is 0. The maximum Gasteiger partial charge on any atom is 0.0620 e. The highest BCUT2D eigenvalue weighted by Gasteiger charge is 2.22. The average Bonchev–Trinajstić information content (AvgIpc) is 3.65. The number of hydrogen-bond acceptors (Lipinski definition) is 0. The Labute approximate surface area is 204 Å². The van der Waals surface area contributed by atoms with E-state index < -0.39 is 0 Å². The molecule has 0 spiro atoms. The largest absolute Gasteiger partial charge is 0.308 e. The summed E-state index contributed by atoms with van der Waals surface area (Å²) < 4.78 is 4.99. The van der Waals surface area contributed by atoms with Gasteiger partial charge in [0.2, 0.25) is 0 Å². The van der Waals surface area contributed by atoms with Gasteiger partial charge in [-0.15, -0.1) is 0 Å². The van der Waals surface area contributed by atoms with E-state index in [2.05, 4.69) is 118 Å². The molecule has 4 aromatic heterocycles. The second-order valence-corrected chi connectivity index (χ2v) is 10.2. The standard InChI is InChI=1S/C34H18N2/c1-2-8-20-19(7-1)15-16-29-32(20)25-13-6-12-24-27-17-26-23-11-5-10-22-21-9-3-4-14-28(21)35(33(22)23)30(26)18-31(27)36(29)34(24)25/h1-18H. The fourth-order valence-corrected chi connectivity index (χ4v) is 7.17. The van der Waals surface area contributed by atoms with E-state index in [1.165, 1.54) is 87.0 Å². The third kappa shape index (κ3) is 1.78. The summed E-state index contributed by atoms with van der Waals surface area (Å²) in [6.45, 7) is 0. The number of benzene rings is 6. The van der Waals surface area contributed by atoms with Gasteiger partial charge in [0.25, 0.3) is 0 Å². The smallest absolute Gasteiger partial charge is 0.0620 e. The first-order valence-corrected chi connectivity index (χ1v) is 12.5. The summed E-state index contributed by atoms with van der Waals surface area (Å²) in [5.74, 6) is 0. The van der Waals surface area contributed by atoms with Crippen LogP contribution in [0.15, 0.2) is 109 Å². The maximum absolute atomic E-state index is 2.51. The van der Waals surface area contributed by atoms with Crippen molar-refractivity contribution in [3.63, 3.8) is 0 Å². The van der Waals surface area contributed by atoms with Gasteiger partial charge in [-0.25, -0.2) is 0 Å². The van der Waals surface area contributed by atoms with Crippen LogP contribution in [-0.2, 0) is 0 Å². The van der Waals surface area contributed by atoms with Crippen LogP contribution in [0.5, 0.6) is 0 Å². The summed E-state index contributed by atoms with van der Waals surface area (Å²) in [4.78, 5) is 0. The molecule has 4 heterocycles. The van der Waals surface area contributed by atoms with Crippen molar-refractivity contribution in [1.82, 2.24) is 8.80 Å². The molecular formula is C34H18N2. The molecule has 10 rings (SSSR count). The van der Waals surface area contributed by atoms with Gasteiger partial charge in [0.15, 0.2) is 0 Å². The van der Waals surface area contributed by atoms with E-state index in [1.54, 1.807) is 0 Å². The minimum atomic E-state index is 1.28. The summed E-state index contributed by atoms with van der Waals surface area (Å²) in [6.07, 6.45) is 0. The van der Waals surface area contributed by atoms with Gasteiger partial charge in [0.1, 0.15) is 0 Å². The Hall–Kier alpha value is -4.82. The molecule has 0 bridgehead atoms. The minimum Gasteiger partial charge on any atom is -0.308 e. The lowest BCUT2D eigenvalue weighted by molar-refractivity contribution is 1.35. The van der Waals surface area contributed by atoms with Crippen LogP contribution in [0.1, 0.15) is 0 Å². The third-order valence-corrected chi connectivity index (χ3v) is 8.55. The van der Waals surface area contributed by atoms with E-state index >= 15 is 0 Å². The van der Waals surface area contributed by atoms with Gasteiger partial charge in [-0.3, -0.25) is 0 Å². The molecule has 0 fully saturated rings. The average molecular weight is 455 g/mol. The second-order valence-electron chi connectivity index (χ2n) is 10.2. The molecule has 0 unspecified atom stereocenters. The van der Waals surface area contributed by atoms with Crippen LogP contribution in [0.25, 0.3) is 87.0 Å². The van der Waals surface area contributed by atoms with Crippen molar-refractivity contribution in [2.45, 2.75) is 0 Å². The number of fused-ring (bicyclic) bond motifs is 14. The molecule has 0 atom stereocenters. The minimum absolute atomic E-state index is 1.28. The summed E-state index contributed by atoms with van der Waals surface area (Å²) in [5, 5.41) is 13.3. The predicted octanol–water partition coefficient (Wildman–Crippen LogP) is 9.14. The molecule has 0 aliphatic heterocycles. The molecule has 0 amide bonds. The molecule has 0 aliphatic carbocycles. The Balaban J connectivity index is 1.52. The van der Waals surface area contributed by atoms with Gasteiger partial charge in [0.05, 0.1) is 33.1 Å². The summed E-state index contributed by atoms with van der Waals surface area (Å²) in [5.41, 5.74) is 7.79. The lowest BCUT2D eigenvalue weighted by Gasteiger charge is -2.03. The monoisotopic (exact) mass is 454 g/mol. The first kappa shape index (κ1) is 17.6. The number of hydrogen-bond donors (Lipinski definition) is 0. The zero-order chi connectivity index (χ0) is 23.1. The molecule has 0 saturated heterocycles. The van der Waals surface area contributed by atoms with Crippen LogP contribution in [0.2, 0.25) is 0 Å². The van der Waals surface area contributed by atoms with Gasteiger partial charge < -0.3 is 8.80 Å². The van der Waals surface area contributed by atoms with Gasteiger partial charge in [-0.2, -0.15) is 0 Å². The Morgan fingerprint density at radius 2 is 0.917 bits per heavy atom. The Morgan fingerprint density at radius 3 is 1.72 bits per heavy atom. The zero-order valence-corrected chi connectivity index (χ0v) is 19.3. The first-order valence-electron chi connectivity index (χ1n) is 12.5. The Morgan fingerprint density at radius 1 is 0.333 bits per heavy atom. The number of rotatable bonds is 0. The highest BCUT2D eigenvalue weighted by atomic mass is 14.9. The van der Waals surface area contributed by atoms with Crippen LogP contribution in [0.3, 0.4) is 0 Å². The van der Waals surface area contributed by atoms with E-state index in [0.29, 0.717) is 0 Å². The van der Waals surface area contributed by atoms with E-state index in [1.807, 2.05) is 0 Å². The highest BCUT2D eigenvalue weighted by molar-refractivity contribution is 6.31. The van der Waals surface area contributed by atoms with Crippen molar-refractivity contribution < 1.29 is 0 Å². The molecule has 2 heteroatoms.